The Morgan fingerprint density at radius 2 is 1.91 bits per heavy atom. The highest BCUT2D eigenvalue weighted by atomic mass is 16.6. The van der Waals surface area contributed by atoms with Crippen LogP contribution < -0.4 is 5.32 Å². The zero-order chi connectivity index (χ0) is 16.4. The van der Waals surface area contributed by atoms with E-state index in [1.54, 1.807) is 18.2 Å². The molecule has 0 bridgehead atoms. The summed E-state index contributed by atoms with van der Waals surface area (Å²) >= 11 is 0. The van der Waals surface area contributed by atoms with Crippen molar-refractivity contribution in [1.29, 1.82) is 0 Å². The Kier molecular flexibility index (Phi) is 3.68. The van der Waals surface area contributed by atoms with E-state index in [9.17, 15) is 19.7 Å². The lowest BCUT2D eigenvalue weighted by Gasteiger charge is -2.06. The van der Waals surface area contributed by atoms with Gasteiger partial charge in [0.15, 0.2) is 0 Å². The fourth-order valence-electron chi connectivity index (χ4n) is 2.41. The summed E-state index contributed by atoms with van der Waals surface area (Å²) in [6.07, 6.45) is 5.01. The molecule has 0 unspecified atom stereocenters. The molecule has 1 amide bonds. The number of ketones is 1. The molecule has 1 N–H and O–H groups in total. The lowest BCUT2D eigenvalue weighted by Crippen LogP contribution is -2.23. The topological polar surface area (TPSA) is 102 Å². The molecule has 0 saturated heterocycles. The van der Waals surface area contributed by atoms with Crippen molar-refractivity contribution in [2.45, 2.75) is 6.42 Å². The number of fused-ring (bicyclic) bond motifs is 1. The van der Waals surface area contributed by atoms with Gasteiger partial charge in [0.05, 0.1) is 4.92 Å². The molecule has 7 nitrogen and oxygen atoms in total. The smallest absolute Gasteiger partial charge is 0.296 e. The Labute approximate surface area is 130 Å². The Bertz CT molecular complexity index is 844. The summed E-state index contributed by atoms with van der Waals surface area (Å²) in [6, 6.07) is 7.40. The van der Waals surface area contributed by atoms with Gasteiger partial charge in [0, 0.05) is 35.8 Å². The molecule has 1 aliphatic carbocycles. The summed E-state index contributed by atoms with van der Waals surface area (Å²) in [5.74, 6) is -1.43. The van der Waals surface area contributed by atoms with Gasteiger partial charge in [-0.1, -0.05) is 6.08 Å². The lowest BCUT2D eigenvalue weighted by molar-refractivity contribution is -0.384. The zero-order valence-electron chi connectivity index (χ0n) is 11.9. The number of nitrogens with one attached hydrogen (secondary N) is 1. The van der Waals surface area contributed by atoms with E-state index in [0.29, 0.717) is 23.2 Å². The Morgan fingerprint density at radius 1 is 1.17 bits per heavy atom. The van der Waals surface area contributed by atoms with Crippen LogP contribution in [0.3, 0.4) is 0 Å². The first kappa shape index (κ1) is 14.6. The molecular formula is C16H11N3O4. The summed E-state index contributed by atoms with van der Waals surface area (Å²) in [5.41, 5.74) is 1.93. The molecule has 0 atom stereocenters. The van der Waals surface area contributed by atoms with Crippen molar-refractivity contribution in [2.24, 2.45) is 0 Å². The SMILES string of the molecule is O=C(Nc1ccncc1)C(=O)C1=CCc2cc([N+](=O)[O-])ccc21. The van der Waals surface area contributed by atoms with Crippen molar-refractivity contribution in [3.05, 3.63) is 70.0 Å². The van der Waals surface area contributed by atoms with Crippen molar-refractivity contribution in [3.8, 4) is 0 Å². The van der Waals surface area contributed by atoms with Gasteiger partial charge >= 0.3 is 0 Å². The number of carbonyl (C=O) groups excluding carboxylic acids is 2. The van der Waals surface area contributed by atoms with Crippen LogP contribution in [-0.2, 0) is 16.0 Å². The first-order chi connectivity index (χ1) is 11.1. The predicted molar refractivity (Wildman–Crippen MR) is 82.7 cm³/mol. The number of anilines is 1. The van der Waals surface area contributed by atoms with Gasteiger partial charge in [0.1, 0.15) is 0 Å². The highest BCUT2D eigenvalue weighted by molar-refractivity contribution is 6.56. The molecule has 23 heavy (non-hydrogen) atoms. The van der Waals surface area contributed by atoms with Crippen LogP contribution >= 0.6 is 0 Å². The number of amides is 1. The Hall–Kier alpha value is -3.35. The molecule has 0 fully saturated rings. The van der Waals surface area contributed by atoms with Gasteiger partial charge in [0.25, 0.3) is 17.4 Å². The first-order valence-electron chi connectivity index (χ1n) is 6.80. The summed E-state index contributed by atoms with van der Waals surface area (Å²) in [6.45, 7) is 0. The van der Waals surface area contributed by atoms with Gasteiger partial charge in [-0.2, -0.15) is 0 Å². The van der Waals surface area contributed by atoms with Crippen LogP contribution in [0.25, 0.3) is 5.57 Å². The third-order valence-electron chi connectivity index (χ3n) is 3.50. The Balaban J connectivity index is 1.80. The zero-order valence-corrected chi connectivity index (χ0v) is 11.9. The number of non-ortho nitro benzene ring substituents is 1. The monoisotopic (exact) mass is 309 g/mol. The first-order valence-corrected chi connectivity index (χ1v) is 6.80. The minimum atomic E-state index is -0.756. The van der Waals surface area contributed by atoms with Gasteiger partial charge in [-0.05, 0) is 35.7 Å². The second-order valence-electron chi connectivity index (χ2n) is 4.94. The Morgan fingerprint density at radius 3 is 2.61 bits per heavy atom. The largest absolute Gasteiger partial charge is 0.319 e. The number of nitro groups is 1. The maximum absolute atomic E-state index is 12.3. The summed E-state index contributed by atoms with van der Waals surface area (Å²) < 4.78 is 0. The van der Waals surface area contributed by atoms with E-state index in [-0.39, 0.29) is 11.3 Å². The van der Waals surface area contributed by atoms with Gasteiger partial charge in [-0.3, -0.25) is 24.7 Å². The molecule has 1 aliphatic rings. The van der Waals surface area contributed by atoms with Crippen molar-refractivity contribution in [2.75, 3.05) is 5.32 Å². The predicted octanol–water partition coefficient (Wildman–Crippen LogP) is 2.14. The lowest BCUT2D eigenvalue weighted by atomic mass is 10.0. The van der Waals surface area contributed by atoms with Gasteiger partial charge in [0.2, 0.25) is 0 Å². The maximum atomic E-state index is 12.3. The number of nitro benzene ring substituents is 1. The van der Waals surface area contributed by atoms with Crippen LogP contribution in [0.5, 0.6) is 0 Å². The van der Waals surface area contributed by atoms with Crippen molar-refractivity contribution in [3.63, 3.8) is 0 Å². The highest BCUT2D eigenvalue weighted by Gasteiger charge is 2.26. The molecule has 1 heterocycles. The maximum Gasteiger partial charge on any atom is 0.296 e. The van der Waals surface area contributed by atoms with Gasteiger partial charge in [-0.25, -0.2) is 0 Å². The quantitative estimate of drug-likeness (QED) is 0.529. The fourth-order valence-corrected chi connectivity index (χ4v) is 2.41. The molecular weight excluding hydrogens is 298 g/mol. The average Bonchev–Trinajstić information content (AvgIpc) is 2.98. The van der Waals surface area contributed by atoms with Crippen molar-refractivity contribution < 1.29 is 14.5 Å². The number of hydrogen-bond donors (Lipinski definition) is 1. The number of hydrogen-bond acceptors (Lipinski definition) is 5. The van der Waals surface area contributed by atoms with Crippen LogP contribution in [0.1, 0.15) is 11.1 Å². The fraction of sp³-hybridized carbons (Fsp3) is 0.0625. The summed E-state index contributed by atoms with van der Waals surface area (Å²) in [4.78, 5) is 38.5. The minimum Gasteiger partial charge on any atom is -0.319 e. The number of allylic oxidation sites excluding steroid dienone is 1. The summed E-state index contributed by atoms with van der Waals surface area (Å²) in [7, 11) is 0. The van der Waals surface area contributed by atoms with Gasteiger partial charge < -0.3 is 5.32 Å². The van der Waals surface area contributed by atoms with Crippen LogP contribution in [0.4, 0.5) is 11.4 Å². The second kappa shape index (κ2) is 5.80. The van der Waals surface area contributed by atoms with E-state index in [1.165, 1.54) is 30.6 Å². The standard InChI is InChI=1S/C16H11N3O4/c20-15(16(21)18-11-5-7-17-8-6-11)14-3-1-10-9-12(19(22)23)2-4-13(10)14/h2-9H,1H2,(H,17,18,21). The second-order valence-corrected chi connectivity index (χ2v) is 4.94. The van der Waals surface area contributed by atoms with E-state index in [1.807, 2.05) is 0 Å². The van der Waals surface area contributed by atoms with E-state index in [4.69, 9.17) is 0 Å². The van der Waals surface area contributed by atoms with Crippen LogP contribution in [0, 0.1) is 10.1 Å². The average molecular weight is 309 g/mol. The molecule has 7 heteroatoms. The molecule has 2 aromatic rings. The molecule has 0 saturated carbocycles. The number of rotatable bonds is 4. The number of benzene rings is 1. The van der Waals surface area contributed by atoms with Gasteiger partial charge in [-0.15, -0.1) is 0 Å². The van der Waals surface area contributed by atoms with E-state index in [0.717, 1.165) is 0 Å². The third kappa shape index (κ3) is 2.84. The number of aromatic nitrogens is 1. The number of Topliss-reactive ketones (excluding diaryl/α,β-unsaturated/α-hetero) is 1. The highest BCUT2D eigenvalue weighted by Crippen LogP contribution is 2.31. The molecule has 1 aromatic heterocycles. The van der Waals surface area contributed by atoms with E-state index in [2.05, 4.69) is 10.3 Å². The van der Waals surface area contributed by atoms with Crippen LogP contribution in [0.2, 0.25) is 0 Å². The molecule has 0 spiro atoms. The molecule has 1 aromatic carbocycles. The van der Waals surface area contributed by atoms with E-state index >= 15 is 0 Å². The van der Waals surface area contributed by atoms with E-state index < -0.39 is 16.6 Å². The minimum absolute atomic E-state index is 0.0351. The number of carbonyl (C=O) groups is 2. The van der Waals surface area contributed by atoms with Crippen LogP contribution in [0.15, 0.2) is 48.8 Å². The number of pyridine rings is 1. The van der Waals surface area contributed by atoms with Crippen LogP contribution in [-0.4, -0.2) is 21.6 Å². The van der Waals surface area contributed by atoms with Crippen molar-refractivity contribution in [1.82, 2.24) is 4.98 Å². The number of nitrogens with zero attached hydrogens (tertiary/aromatic N) is 2. The molecule has 0 radical (unpaired) electrons. The summed E-state index contributed by atoms with van der Waals surface area (Å²) in [5, 5.41) is 13.3. The molecule has 0 aliphatic heterocycles. The molecule has 114 valence electrons. The third-order valence-corrected chi connectivity index (χ3v) is 3.50. The molecule has 3 rings (SSSR count). The van der Waals surface area contributed by atoms with Crippen molar-refractivity contribution >= 4 is 28.6 Å². The normalized spacial score (nSPS) is 12.3.